The number of rotatable bonds is 6. The molecule has 4 rings (SSSR count). The number of carbonyl (C=O) groups excluding carboxylic acids is 1. The molecule has 2 heterocycles. The maximum atomic E-state index is 12.8. The number of carbonyl (C=O) groups is 1. The van der Waals surface area contributed by atoms with Crippen molar-refractivity contribution < 1.29 is 9.53 Å². The van der Waals surface area contributed by atoms with Crippen LogP contribution in [-0.4, -0.2) is 74.2 Å². The molecule has 0 spiro atoms. The highest BCUT2D eigenvalue weighted by Crippen LogP contribution is 2.20. The predicted molar refractivity (Wildman–Crippen MR) is 126 cm³/mol. The molecule has 2 aromatic carbocycles. The lowest BCUT2D eigenvalue weighted by atomic mass is 10.1. The molecule has 2 aliphatic heterocycles. The Hall–Kier alpha value is -2.12. The minimum Gasteiger partial charge on any atom is -0.378 e. The van der Waals surface area contributed by atoms with Gasteiger partial charge in [0, 0.05) is 62.2 Å². The summed E-state index contributed by atoms with van der Waals surface area (Å²) >= 11 is 5.97. The Morgan fingerprint density at radius 2 is 1.61 bits per heavy atom. The van der Waals surface area contributed by atoms with Crippen LogP contribution in [0.15, 0.2) is 48.5 Å². The van der Waals surface area contributed by atoms with Gasteiger partial charge in [-0.15, -0.1) is 0 Å². The third kappa shape index (κ3) is 5.98. The SMILES string of the molecule is C[C@@H](C(=O)Nc1ccc(N2CCOCC2)cc1)N1CCN(Cc2ccc(Cl)cc2)CC1. The highest BCUT2D eigenvalue weighted by molar-refractivity contribution is 6.30. The lowest BCUT2D eigenvalue weighted by Crippen LogP contribution is -2.52. The Balaban J connectivity index is 1.24. The van der Waals surface area contributed by atoms with Crippen LogP contribution < -0.4 is 10.2 Å². The number of benzene rings is 2. The van der Waals surface area contributed by atoms with Gasteiger partial charge in [0.1, 0.15) is 0 Å². The highest BCUT2D eigenvalue weighted by atomic mass is 35.5. The van der Waals surface area contributed by atoms with Crippen LogP contribution in [0.2, 0.25) is 5.02 Å². The van der Waals surface area contributed by atoms with Gasteiger partial charge in [-0.05, 0) is 48.9 Å². The number of ether oxygens (including phenoxy) is 1. The van der Waals surface area contributed by atoms with Gasteiger partial charge in [-0.1, -0.05) is 23.7 Å². The quantitative estimate of drug-likeness (QED) is 0.743. The minimum atomic E-state index is -0.156. The van der Waals surface area contributed by atoms with Crippen LogP contribution in [-0.2, 0) is 16.1 Å². The fourth-order valence-corrected chi connectivity index (χ4v) is 4.27. The molecule has 2 saturated heterocycles. The van der Waals surface area contributed by atoms with Crippen molar-refractivity contribution in [1.29, 1.82) is 0 Å². The molecule has 0 aromatic heterocycles. The molecule has 1 amide bonds. The maximum absolute atomic E-state index is 12.8. The monoisotopic (exact) mass is 442 g/mol. The summed E-state index contributed by atoms with van der Waals surface area (Å²) in [7, 11) is 0. The van der Waals surface area contributed by atoms with Crippen LogP contribution in [0.1, 0.15) is 12.5 Å². The van der Waals surface area contributed by atoms with Gasteiger partial charge < -0.3 is 15.0 Å². The minimum absolute atomic E-state index is 0.0465. The first-order valence-corrected chi connectivity index (χ1v) is 11.4. The van der Waals surface area contributed by atoms with Crippen LogP contribution in [0.4, 0.5) is 11.4 Å². The van der Waals surface area contributed by atoms with E-state index in [-0.39, 0.29) is 11.9 Å². The number of nitrogens with zero attached hydrogens (tertiary/aromatic N) is 3. The molecule has 0 saturated carbocycles. The van der Waals surface area contributed by atoms with Gasteiger partial charge in [0.2, 0.25) is 5.91 Å². The fraction of sp³-hybridized carbons (Fsp3) is 0.458. The summed E-state index contributed by atoms with van der Waals surface area (Å²) in [6, 6.07) is 16.0. The molecule has 166 valence electrons. The molecule has 0 radical (unpaired) electrons. The van der Waals surface area contributed by atoms with E-state index in [1.54, 1.807) is 0 Å². The Labute approximate surface area is 189 Å². The van der Waals surface area contributed by atoms with Crippen molar-refractivity contribution in [3.05, 3.63) is 59.1 Å². The van der Waals surface area contributed by atoms with Gasteiger partial charge in [0.15, 0.2) is 0 Å². The summed E-state index contributed by atoms with van der Waals surface area (Å²) in [5, 5.41) is 3.84. The van der Waals surface area contributed by atoms with E-state index >= 15 is 0 Å². The van der Waals surface area contributed by atoms with E-state index in [9.17, 15) is 4.79 Å². The van der Waals surface area contributed by atoms with E-state index in [0.717, 1.165) is 69.7 Å². The molecule has 1 atom stereocenters. The van der Waals surface area contributed by atoms with E-state index in [4.69, 9.17) is 16.3 Å². The van der Waals surface area contributed by atoms with Crippen molar-refractivity contribution >= 4 is 28.9 Å². The standard InChI is InChI=1S/C24H31ClN4O2/c1-19(28-12-10-27(11-13-28)18-20-2-4-21(25)5-3-20)24(30)26-22-6-8-23(9-7-22)29-14-16-31-17-15-29/h2-9,19H,10-18H2,1H3,(H,26,30)/t19-/m0/s1. The predicted octanol–water partition coefficient (Wildman–Crippen LogP) is 3.32. The first-order valence-electron chi connectivity index (χ1n) is 11.0. The second kappa shape index (κ2) is 10.5. The largest absolute Gasteiger partial charge is 0.378 e. The van der Waals surface area contributed by atoms with Crippen LogP contribution in [0.25, 0.3) is 0 Å². The van der Waals surface area contributed by atoms with Crippen molar-refractivity contribution in [2.24, 2.45) is 0 Å². The zero-order valence-corrected chi connectivity index (χ0v) is 18.9. The van der Waals surface area contributed by atoms with E-state index < -0.39 is 0 Å². The number of morpholine rings is 1. The number of amides is 1. The molecule has 2 aliphatic rings. The summed E-state index contributed by atoms with van der Waals surface area (Å²) in [6.45, 7) is 9.94. The maximum Gasteiger partial charge on any atom is 0.241 e. The number of anilines is 2. The molecule has 1 N–H and O–H groups in total. The Morgan fingerprint density at radius 1 is 0.968 bits per heavy atom. The average molecular weight is 443 g/mol. The fourth-order valence-electron chi connectivity index (χ4n) is 4.15. The summed E-state index contributed by atoms with van der Waals surface area (Å²) < 4.78 is 5.41. The van der Waals surface area contributed by atoms with Crippen molar-refractivity contribution in [1.82, 2.24) is 9.80 Å². The summed E-state index contributed by atoms with van der Waals surface area (Å²) in [6.07, 6.45) is 0. The number of piperazine rings is 1. The molecule has 2 aromatic rings. The topological polar surface area (TPSA) is 48.1 Å². The zero-order chi connectivity index (χ0) is 21.6. The van der Waals surface area contributed by atoms with Gasteiger partial charge in [0.05, 0.1) is 19.3 Å². The number of hydrogen-bond acceptors (Lipinski definition) is 5. The molecule has 7 heteroatoms. The smallest absolute Gasteiger partial charge is 0.241 e. The van der Waals surface area contributed by atoms with Gasteiger partial charge in [-0.3, -0.25) is 14.6 Å². The number of halogens is 1. The van der Waals surface area contributed by atoms with E-state index in [1.807, 2.05) is 31.2 Å². The Kier molecular flexibility index (Phi) is 7.45. The molecule has 0 unspecified atom stereocenters. The Morgan fingerprint density at radius 3 is 2.26 bits per heavy atom. The summed E-state index contributed by atoms with van der Waals surface area (Å²) in [5.74, 6) is 0.0465. The molecule has 2 fully saturated rings. The molecular weight excluding hydrogens is 412 g/mol. The van der Waals surface area contributed by atoms with E-state index in [0.29, 0.717) is 0 Å². The van der Waals surface area contributed by atoms with Crippen molar-refractivity contribution in [3.8, 4) is 0 Å². The number of nitrogens with one attached hydrogen (secondary N) is 1. The van der Waals surface area contributed by atoms with E-state index in [2.05, 4.69) is 44.3 Å². The second-order valence-electron chi connectivity index (χ2n) is 8.25. The Bertz CT molecular complexity index is 845. The highest BCUT2D eigenvalue weighted by Gasteiger charge is 2.25. The zero-order valence-electron chi connectivity index (χ0n) is 18.1. The van der Waals surface area contributed by atoms with Gasteiger partial charge in [-0.2, -0.15) is 0 Å². The van der Waals surface area contributed by atoms with Crippen molar-refractivity contribution in [2.75, 3.05) is 62.7 Å². The summed E-state index contributed by atoms with van der Waals surface area (Å²) in [4.78, 5) is 19.8. The lowest BCUT2D eigenvalue weighted by molar-refractivity contribution is -0.121. The molecule has 31 heavy (non-hydrogen) atoms. The third-order valence-corrected chi connectivity index (χ3v) is 6.42. The van der Waals surface area contributed by atoms with Crippen LogP contribution in [0, 0.1) is 0 Å². The van der Waals surface area contributed by atoms with Crippen LogP contribution >= 0.6 is 11.6 Å². The van der Waals surface area contributed by atoms with Crippen LogP contribution in [0.3, 0.4) is 0 Å². The molecule has 0 aliphatic carbocycles. The van der Waals surface area contributed by atoms with Gasteiger partial charge in [0.25, 0.3) is 0 Å². The first kappa shape index (κ1) is 22.1. The molecule has 6 nitrogen and oxygen atoms in total. The van der Waals surface area contributed by atoms with Gasteiger partial charge in [-0.25, -0.2) is 0 Å². The third-order valence-electron chi connectivity index (χ3n) is 6.16. The van der Waals surface area contributed by atoms with Gasteiger partial charge >= 0.3 is 0 Å². The normalized spacial score (nSPS) is 19.2. The van der Waals surface area contributed by atoms with E-state index in [1.165, 1.54) is 11.3 Å². The van der Waals surface area contributed by atoms with Crippen molar-refractivity contribution in [2.45, 2.75) is 19.5 Å². The van der Waals surface area contributed by atoms with Crippen LogP contribution in [0.5, 0.6) is 0 Å². The molecule has 0 bridgehead atoms. The molecular formula is C24H31ClN4O2. The average Bonchev–Trinajstić information content (AvgIpc) is 2.82. The van der Waals surface area contributed by atoms with Crippen molar-refractivity contribution in [3.63, 3.8) is 0 Å². The first-order chi connectivity index (χ1) is 15.1. The summed E-state index contributed by atoms with van der Waals surface area (Å²) in [5.41, 5.74) is 3.28. The number of hydrogen-bond donors (Lipinski definition) is 1. The lowest BCUT2D eigenvalue weighted by Gasteiger charge is -2.37. The second-order valence-corrected chi connectivity index (χ2v) is 8.69.